The maximum atomic E-state index is 13.0. The van der Waals surface area contributed by atoms with Crippen molar-refractivity contribution < 1.29 is 18.3 Å². The maximum absolute atomic E-state index is 13.0. The minimum atomic E-state index is -0.429. The van der Waals surface area contributed by atoms with E-state index in [-0.39, 0.29) is 17.4 Å². The lowest BCUT2D eigenvalue weighted by molar-refractivity contribution is 0.103. The van der Waals surface area contributed by atoms with E-state index in [1.165, 1.54) is 24.3 Å². The Kier molecular flexibility index (Phi) is 5.53. The Labute approximate surface area is 154 Å². The molecular weight excluding hydrogens is 359 g/mol. The molecule has 0 saturated heterocycles. The van der Waals surface area contributed by atoms with E-state index in [0.717, 1.165) is 0 Å². The van der Waals surface area contributed by atoms with Gasteiger partial charge in [0, 0.05) is 12.7 Å². The van der Waals surface area contributed by atoms with Crippen molar-refractivity contribution in [2.75, 3.05) is 0 Å². The van der Waals surface area contributed by atoms with Crippen LogP contribution < -0.4 is 4.74 Å². The molecule has 26 heavy (non-hydrogen) atoms. The quantitative estimate of drug-likeness (QED) is 0.442. The number of benzene rings is 1. The predicted octanol–water partition coefficient (Wildman–Crippen LogP) is 4.76. The van der Waals surface area contributed by atoms with E-state index >= 15 is 0 Å². The summed E-state index contributed by atoms with van der Waals surface area (Å²) in [4.78, 5) is 12.2. The zero-order valence-electron chi connectivity index (χ0n) is 14.0. The van der Waals surface area contributed by atoms with Gasteiger partial charge in [-0.25, -0.2) is 4.39 Å². The number of rotatable bonds is 7. The van der Waals surface area contributed by atoms with Gasteiger partial charge >= 0.3 is 0 Å². The summed E-state index contributed by atoms with van der Waals surface area (Å²) >= 11 is 5.91. The van der Waals surface area contributed by atoms with E-state index in [9.17, 15) is 9.18 Å². The van der Waals surface area contributed by atoms with E-state index in [2.05, 4.69) is 5.10 Å². The van der Waals surface area contributed by atoms with Crippen LogP contribution in [-0.4, -0.2) is 15.6 Å². The molecule has 3 aromatic rings. The number of aryl methyl sites for hydroxylation is 1. The zero-order chi connectivity index (χ0) is 18.5. The summed E-state index contributed by atoms with van der Waals surface area (Å²) in [6, 6.07) is 9.04. The molecule has 0 aliphatic heterocycles. The highest BCUT2D eigenvalue weighted by atomic mass is 35.5. The monoisotopic (exact) mass is 374 g/mol. The molecule has 0 amide bonds. The van der Waals surface area contributed by atoms with Gasteiger partial charge in [-0.2, -0.15) is 5.10 Å². The molecule has 7 heteroatoms. The van der Waals surface area contributed by atoms with Gasteiger partial charge in [-0.15, -0.1) is 0 Å². The van der Waals surface area contributed by atoms with Crippen molar-refractivity contribution in [3.8, 4) is 5.75 Å². The highest BCUT2D eigenvalue weighted by Crippen LogP contribution is 2.26. The third-order valence-electron chi connectivity index (χ3n) is 3.61. The second kappa shape index (κ2) is 8.01. The number of hydrogen-bond donors (Lipinski definition) is 0. The average Bonchev–Trinajstić information content (AvgIpc) is 3.28. The summed E-state index contributed by atoms with van der Waals surface area (Å²) in [6.07, 6.45) is 4.61. The fraction of sp³-hybridized carbons (Fsp3) is 0.158. The largest absolute Gasteiger partial charge is 0.484 e. The van der Waals surface area contributed by atoms with Crippen LogP contribution in [0.4, 0.5) is 4.39 Å². The first-order chi connectivity index (χ1) is 12.6. The third-order valence-corrected chi connectivity index (χ3v) is 3.91. The summed E-state index contributed by atoms with van der Waals surface area (Å²) < 4.78 is 25.7. The van der Waals surface area contributed by atoms with Gasteiger partial charge in [-0.1, -0.05) is 11.6 Å². The molecule has 3 rings (SSSR count). The molecule has 0 fully saturated rings. The van der Waals surface area contributed by atoms with E-state index in [0.29, 0.717) is 29.5 Å². The Balaban J connectivity index is 1.61. The van der Waals surface area contributed by atoms with Crippen LogP contribution in [0.25, 0.3) is 6.08 Å². The van der Waals surface area contributed by atoms with Crippen molar-refractivity contribution in [2.24, 2.45) is 0 Å². The van der Waals surface area contributed by atoms with Crippen molar-refractivity contribution in [1.82, 2.24) is 9.78 Å². The molecule has 134 valence electrons. The highest BCUT2D eigenvalue weighted by Gasteiger charge is 2.09. The van der Waals surface area contributed by atoms with Gasteiger partial charge in [0.15, 0.2) is 0 Å². The third kappa shape index (κ3) is 4.21. The number of carbonyl (C=O) groups is 1. The SMILES string of the molecule is CCn1nccc1C(=O)C=Cc1ccc(COc2ccc(F)cc2Cl)o1. The summed E-state index contributed by atoms with van der Waals surface area (Å²) in [5.41, 5.74) is 0.518. The maximum Gasteiger partial charge on any atom is 0.203 e. The lowest BCUT2D eigenvalue weighted by Gasteiger charge is -2.06. The Morgan fingerprint density at radius 2 is 2.19 bits per heavy atom. The summed E-state index contributed by atoms with van der Waals surface area (Å²) in [7, 11) is 0. The van der Waals surface area contributed by atoms with Crippen LogP contribution >= 0.6 is 11.6 Å². The van der Waals surface area contributed by atoms with Gasteiger partial charge in [0.2, 0.25) is 5.78 Å². The van der Waals surface area contributed by atoms with Crippen molar-refractivity contribution in [3.05, 3.63) is 76.7 Å². The number of aromatic nitrogens is 2. The van der Waals surface area contributed by atoms with Crippen LogP contribution in [0.2, 0.25) is 5.02 Å². The number of ketones is 1. The molecule has 0 spiro atoms. The number of ether oxygens (including phenoxy) is 1. The fourth-order valence-electron chi connectivity index (χ4n) is 2.34. The van der Waals surface area contributed by atoms with Gasteiger partial charge in [-0.05, 0) is 55.5 Å². The smallest absolute Gasteiger partial charge is 0.203 e. The second-order valence-electron chi connectivity index (χ2n) is 5.40. The molecule has 0 bridgehead atoms. The molecule has 0 aliphatic carbocycles. The fourth-order valence-corrected chi connectivity index (χ4v) is 2.56. The summed E-state index contributed by atoms with van der Waals surface area (Å²) in [5, 5.41) is 4.26. The molecule has 0 atom stereocenters. The Morgan fingerprint density at radius 3 is 2.96 bits per heavy atom. The van der Waals surface area contributed by atoms with Crippen LogP contribution in [0, 0.1) is 5.82 Å². The minimum Gasteiger partial charge on any atom is -0.484 e. The number of carbonyl (C=O) groups excluding carboxylic acids is 1. The number of hydrogen-bond acceptors (Lipinski definition) is 4. The van der Waals surface area contributed by atoms with Gasteiger partial charge in [0.05, 0.1) is 5.02 Å². The highest BCUT2D eigenvalue weighted by molar-refractivity contribution is 6.32. The lowest BCUT2D eigenvalue weighted by atomic mass is 10.2. The van der Waals surface area contributed by atoms with E-state index in [1.54, 1.807) is 35.2 Å². The van der Waals surface area contributed by atoms with Crippen molar-refractivity contribution in [2.45, 2.75) is 20.1 Å². The molecule has 1 aromatic carbocycles. The number of allylic oxidation sites excluding steroid dienone is 1. The van der Waals surface area contributed by atoms with Crippen LogP contribution in [0.5, 0.6) is 5.75 Å². The zero-order valence-corrected chi connectivity index (χ0v) is 14.7. The second-order valence-corrected chi connectivity index (χ2v) is 5.80. The standard InChI is InChI=1S/C19H16ClFN2O3/c1-2-23-17(9-10-22-23)18(24)7-6-14-4-5-15(26-14)12-25-19-8-3-13(21)11-16(19)20/h3-11H,2,12H2,1H3. The van der Waals surface area contributed by atoms with Crippen LogP contribution in [0.15, 0.2) is 53.1 Å². The minimum absolute atomic E-state index is 0.135. The average molecular weight is 375 g/mol. The first-order valence-corrected chi connectivity index (χ1v) is 8.35. The Hall–Kier alpha value is -2.86. The van der Waals surface area contributed by atoms with Crippen molar-refractivity contribution in [1.29, 1.82) is 0 Å². The normalized spacial score (nSPS) is 11.2. The topological polar surface area (TPSA) is 57.3 Å². The lowest BCUT2D eigenvalue weighted by Crippen LogP contribution is -2.07. The Bertz CT molecular complexity index is 946. The van der Waals surface area contributed by atoms with E-state index in [1.807, 2.05) is 6.92 Å². The molecular formula is C19H16ClFN2O3. The first-order valence-electron chi connectivity index (χ1n) is 7.97. The Morgan fingerprint density at radius 1 is 1.35 bits per heavy atom. The van der Waals surface area contributed by atoms with Gasteiger partial charge < -0.3 is 9.15 Å². The molecule has 0 unspecified atom stereocenters. The molecule has 2 heterocycles. The molecule has 2 aromatic heterocycles. The van der Waals surface area contributed by atoms with Gasteiger partial charge in [0.1, 0.15) is 35.4 Å². The molecule has 0 saturated carbocycles. The molecule has 5 nitrogen and oxygen atoms in total. The molecule has 0 radical (unpaired) electrons. The van der Waals surface area contributed by atoms with Crippen molar-refractivity contribution >= 4 is 23.5 Å². The first kappa shape index (κ1) is 17.9. The van der Waals surface area contributed by atoms with E-state index < -0.39 is 5.82 Å². The number of furan rings is 1. The van der Waals surface area contributed by atoms with Gasteiger partial charge in [0.25, 0.3) is 0 Å². The number of nitrogens with zero attached hydrogens (tertiary/aromatic N) is 2. The van der Waals surface area contributed by atoms with Crippen LogP contribution in [-0.2, 0) is 13.2 Å². The van der Waals surface area contributed by atoms with Crippen molar-refractivity contribution in [3.63, 3.8) is 0 Å². The molecule has 0 aliphatic rings. The van der Waals surface area contributed by atoms with E-state index in [4.69, 9.17) is 20.8 Å². The van der Waals surface area contributed by atoms with Crippen LogP contribution in [0.3, 0.4) is 0 Å². The van der Waals surface area contributed by atoms with Gasteiger partial charge in [-0.3, -0.25) is 9.48 Å². The van der Waals surface area contributed by atoms with Crippen LogP contribution in [0.1, 0.15) is 28.9 Å². The number of halogens is 2. The summed E-state index contributed by atoms with van der Waals surface area (Å²) in [6.45, 7) is 2.67. The molecule has 0 N–H and O–H groups in total. The summed E-state index contributed by atoms with van der Waals surface area (Å²) in [5.74, 6) is 0.851. The predicted molar refractivity (Wildman–Crippen MR) is 95.7 cm³/mol.